The van der Waals surface area contributed by atoms with Crippen molar-refractivity contribution < 1.29 is 4.79 Å². The van der Waals surface area contributed by atoms with Crippen LogP contribution >= 0.6 is 11.3 Å². The minimum Gasteiger partial charge on any atom is -0.312 e. The first-order valence-electron chi connectivity index (χ1n) is 9.88. The number of nitrogens with zero attached hydrogens (tertiary/aromatic N) is 1. The SMILES string of the molecule is CCc1c(C)sc2c1CCN(C(=O)Nc1ccc(C)cc1)[C@H]2c1ccccc1. The minimum absolute atomic E-state index is 0.0283. The van der Waals surface area contributed by atoms with E-state index in [4.69, 9.17) is 0 Å². The third-order valence-corrected chi connectivity index (χ3v) is 6.79. The van der Waals surface area contributed by atoms with E-state index in [1.165, 1.54) is 32.0 Å². The number of anilines is 1. The third-order valence-electron chi connectivity index (χ3n) is 5.55. The Balaban J connectivity index is 1.71. The van der Waals surface area contributed by atoms with E-state index < -0.39 is 0 Å². The number of rotatable bonds is 3. The maximum atomic E-state index is 13.2. The van der Waals surface area contributed by atoms with E-state index in [0.29, 0.717) is 0 Å². The van der Waals surface area contributed by atoms with Crippen molar-refractivity contribution in [2.75, 3.05) is 11.9 Å². The van der Waals surface area contributed by atoms with Gasteiger partial charge in [0.15, 0.2) is 0 Å². The monoisotopic (exact) mass is 390 g/mol. The van der Waals surface area contributed by atoms with Crippen molar-refractivity contribution in [2.24, 2.45) is 0 Å². The van der Waals surface area contributed by atoms with E-state index in [0.717, 1.165) is 25.1 Å². The molecule has 1 N–H and O–H groups in total. The Bertz CT molecular complexity index is 976. The minimum atomic E-state index is -0.0348. The summed E-state index contributed by atoms with van der Waals surface area (Å²) in [6, 6.07) is 18.3. The lowest BCUT2D eigenvalue weighted by Gasteiger charge is -2.36. The molecule has 0 fully saturated rings. The number of carbonyl (C=O) groups is 1. The number of nitrogens with one attached hydrogen (secondary N) is 1. The molecule has 0 spiro atoms. The summed E-state index contributed by atoms with van der Waals surface area (Å²) in [4.78, 5) is 17.9. The largest absolute Gasteiger partial charge is 0.322 e. The quantitative estimate of drug-likeness (QED) is 0.575. The molecule has 1 atom stereocenters. The van der Waals surface area contributed by atoms with Gasteiger partial charge in [-0.15, -0.1) is 11.3 Å². The van der Waals surface area contributed by atoms with Gasteiger partial charge in [0.05, 0.1) is 6.04 Å². The molecule has 2 heterocycles. The zero-order chi connectivity index (χ0) is 19.7. The lowest BCUT2D eigenvalue weighted by atomic mass is 9.92. The number of aryl methyl sites for hydroxylation is 2. The lowest BCUT2D eigenvalue weighted by Crippen LogP contribution is -2.42. The molecule has 4 heteroatoms. The first-order valence-corrected chi connectivity index (χ1v) is 10.7. The molecule has 1 aliphatic heterocycles. The molecule has 1 aliphatic rings. The highest BCUT2D eigenvalue weighted by molar-refractivity contribution is 7.12. The molecule has 0 aliphatic carbocycles. The summed E-state index contributed by atoms with van der Waals surface area (Å²) in [5.41, 5.74) is 6.12. The zero-order valence-electron chi connectivity index (χ0n) is 16.7. The molecule has 28 heavy (non-hydrogen) atoms. The Kier molecular flexibility index (Phi) is 5.23. The van der Waals surface area contributed by atoms with Gasteiger partial charge in [-0.3, -0.25) is 0 Å². The number of benzene rings is 2. The highest BCUT2D eigenvalue weighted by Crippen LogP contribution is 2.42. The Hall–Kier alpha value is -2.59. The normalized spacial score (nSPS) is 16.0. The fraction of sp³-hybridized carbons (Fsp3) is 0.292. The first-order chi connectivity index (χ1) is 13.6. The number of fused-ring (bicyclic) bond motifs is 1. The Morgan fingerprint density at radius 3 is 2.50 bits per heavy atom. The van der Waals surface area contributed by atoms with Gasteiger partial charge in [0, 0.05) is 22.0 Å². The van der Waals surface area contributed by atoms with Crippen LogP contribution in [0.5, 0.6) is 0 Å². The molecular weight excluding hydrogens is 364 g/mol. The predicted octanol–water partition coefficient (Wildman–Crippen LogP) is 6.11. The van der Waals surface area contributed by atoms with Crippen LogP contribution in [0.15, 0.2) is 54.6 Å². The summed E-state index contributed by atoms with van der Waals surface area (Å²) < 4.78 is 0. The molecule has 0 radical (unpaired) electrons. The lowest BCUT2D eigenvalue weighted by molar-refractivity contribution is 0.195. The second-order valence-electron chi connectivity index (χ2n) is 7.39. The van der Waals surface area contributed by atoms with Crippen LogP contribution in [0.3, 0.4) is 0 Å². The molecule has 1 aromatic heterocycles. The average molecular weight is 391 g/mol. The number of thiophene rings is 1. The highest BCUT2D eigenvalue weighted by Gasteiger charge is 2.35. The Morgan fingerprint density at radius 1 is 1.11 bits per heavy atom. The third kappa shape index (κ3) is 3.45. The standard InChI is InChI=1S/C24H26N2OS/c1-4-20-17(3)28-23-21(20)14-15-26(22(23)18-8-6-5-7-9-18)24(27)25-19-12-10-16(2)11-13-19/h5-13,22H,4,14-15H2,1-3H3,(H,25,27)/t22-/m0/s1. The van der Waals surface area contributed by atoms with Crippen LogP contribution in [-0.2, 0) is 12.8 Å². The van der Waals surface area contributed by atoms with Crippen LogP contribution < -0.4 is 5.32 Å². The van der Waals surface area contributed by atoms with Crippen molar-refractivity contribution in [2.45, 2.75) is 39.7 Å². The van der Waals surface area contributed by atoms with Crippen molar-refractivity contribution in [3.05, 3.63) is 86.6 Å². The van der Waals surface area contributed by atoms with Gasteiger partial charge in [-0.05, 0) is 55.5 Å². The summed E-state index contributed by atoms with van der Waals surface area (Å²) in [5, 5.41) is 3.10. The van der Waals surface area contributed by atoms with E-state index in [1.807, 2.05) is 53.5 Å². The van der Waals surface area contributed by atoms with Crippen LogP contribution in [0.25, 0.3) is 0 Å². The molecule has 3 nitrogen and oxygen atoms in total. The predicted molar refractivity (Wildman–Crippen MR) is 117 cm³/mol. The van der Waals surface area contributed by atoms with E-state index in [9.17, 15) is 4.79 Å². The van der Waals surface area contributed by atoms with Gasteiger partial charge in [-0.1, -0.05) is 55.0 Å². The van der Waals surface area contributed by atoms with Crippen molar-refractivity contribution >= 4 is 23.1 Å². The topological polar surface area (TPSA) is 32.3 Å². The number of hydrogen-bond acceptors (Lipinski definition) is 2. The highest BCUT2D eigenvalue weighted by atomic mass is 32.1. The maximum Gasteiger partial charge on any atom is 0.322 e. The van der Waals surface area contributed by atoms with Crippen LogP contribution in [0.2, 0.25) is 0 Å². The number of urea groups is 1. The van der Waals surface area contributed by atoms with Gasteiger partial charge >= 0.3 is 6.03 Å². The van der Waals surface area contributed by atoms with Gasteiger partial charge in [0.2, 0.25) is 0 Å². The fourth-order valence-corrected chi connectivity index (χ4v) is 5.57. The molecule has 0 saturated heterocycles. The van der Waals surface area contributed by atoms with Crippen LogP contribution in [-0.4, -0.2) is 17.5 Å². The maximum absolute atomic E-state index is 13.2. The first kappa shape index (κ1) is 18.8. The molecule has 4 rings (SSSR count). The van der Waals surface area contributed by atoms with Crippen LogP contribution in [0.1, 0.15) is 45.0 Å². The number of amides is 2. The fourth-order valence-electron chi connectivity index (χ4n) is 4.13. The second kappa shape index (κ2) is 7.80. The van der Waals surface area contributed by atoms with Gasteiger partial charge in [0.25, 0.3) is 0 Å². The zero-order valence-corrected chi connectivity index (χ0v) is 17.5. The number of carbonyl (C=O) groups excluding carboxylic acids is 1. The second-order valence-corrected chi connectivity index (χ2v) is 8.64. The van der Waals surface area contributed by atoms with E-state index >= 15 is 0 Å². The van der Waals surface area contributed by atoms with Gasteiger partial charge < -0.3 is 10.2 Å². The Morgan fingerprint density at radius 2 is 1.82 bits per heavy atom. The van der Waals surface area contributed by atoms with E-state index in [2.05, 4.69) is 43.4 Å². The Labute approximate surface area is 171 Å². The molecule has 2 aromatic carbocycles. The molecule has 2 amide bonds. The summed E-state index contributed by atoms with van der Waals surface area (Å²) in [5.74, 6) is 0. The summed E-state index contributed by atoms with van der Waals surface area (Å²) in [6.45, 7) is 7.21. The van der Waals surface area contributed by atoms with Gasteiger partial charge in [-0.2, -0.15) is 0 Å². The molecule has 0 saturated carbocycles. The molecule has 3 aromatic rings. The van der Waals surface area contributed by atoms with Crippen molar-refractivity contribution in [3.8, 4) is 0 Å². The van der Waals surface area contributed by atoms with Crippen molar-refractivity contribution in [3.63, 3.8) is 0 Å². The smallest absolute Gasteiger partial charge is 0.312 e. The summed E-state index contributed by atoms with van der Waals surface area (Å²) in [6.07, 6.45) is 1.97. The van der Waals surface area contributed by atoms with Crippen molar-refractivity contribution in [1.29, 1.82) is 0 Å². The van der Waals surface area contributed by atoms with E-state index in [-0.39, 0.29) is 12.1 Å². The van der Waals surface area contributed by atoms with Gasteiger partial charge in [-0.25, -0.2) is 4.79 Å². The number of hydrogen-bond donors (Lipinski definition) is 1. The molecule has 0 unspecified atom stereocenters. The van der Waals surface area contributed by atoms with Crippen molar-refractivity contribution in [1.82, 2.24) is 4.90 Å². The molecule has 144 valence electrons. The summed E-state index contributed by atoms with van der Waals surface area (Å²) >= 11 is 1.85. The van der Waals surface area contributed by atoms with Crippen LogP contribution in [0.4, 0.5) is 10.5 Å². The molecular formula is C24H26N2OS. The van der Waals surface area contributed by atoms with Gasteiger partial charge in [0.1, 0.15) is 0 Å². The average Bonchev–Trinajstić information content (AvgIpc) is 3.04. The molecule has 0 bridgehead atoms. The van der Waals surface area contributed by atoms with E-state index in [1.54, 1.807) is 0 Å². The van der Waals surface area contributed by atoms with Crippen LogP contribution in [0, 0.1) is 13.8 Å². The summed E-state index contributed by atoms with van der Waals surface area (Å²) in [7, 11) is 0.